The SMILES string of the molecule is CC1(C)SC2C(NC(=O)C(C(=O)O)c3ccsc3)C(=O)N2C1P(=O)(O)O. The van der Waals surface area contributed by atoms with Gasteiger partial charge in [0.1, 0.15) is 17.2 Å². The number of aliphatic carboxylic acids is 1. The highest BCUT2D eigenvalue weighted by molar-refractivity contribution is 8.02. The third kappa shape index (κ3) is 3.07. The van der Waals surface area contributed by atoms with E-state index in [0.29, 0.717) is 5.56 Å². The number of nitrogens with one attached hydrogen (secondary N) is 1. The molecular formula is C14H17N2O7PS2. The van der Waals surface area contributed by atoms with Gasteiger partial charge in [-0.2, -0.15) is 11.3 Å². The van der Waals surface area contributed by atoms with Crippen molar-refractivity contribution in [3.63, 3.8) is 0 Å². The summed E-state index contributed by atoms with van der Waals surface area (Å²) >= 11 is 2.43. The molecule has 26 heavy (non-hydrogen) atoms. The summed E-state index contributed by atoms with van der Waals surface area (Å²) in [4.78, 5) is 56.6. The molecule has 142 valence electrons. The normalized spacial score (nSPS) is 28.2. The summed E-state index contributed by atoms with van der Waals surface area (Å²) in [5.41, 5.74) is 0.316. The van der Waals surface area contributed by atoms with Crippen molar-refractivity contribution in [1.29, 1.82) is 0 Å². The fraction of sp³-hybridized carbons (Fsp3) is 0.500. The summed E-state index contributed by atoms with van der Waals surface area (Å²) in [5, 5.41) is 14.3. The fourth-order valence-corrected chi connectivity index (χ4v) is 7.64. The molecule has 2 aliphatic rings. The number of carboxylic acids is 1. The van der Waals surface area contributed by atoms with E-state index >= 15 is 0 Å². The minimum Gasteiger partial charge on any atom is -0.480 e. The molecule has 0 saturated carbocycles. The Balaban J connectivity index is 1.79. The predicted molar refractivity (Wildman–Crippen MR) is 94.8 cm³/mol. The number of fused-ring (bicyclic) bond motifs is 1. The molecule has 1 aromatic heterocycles. The molecule has 3 heterocycles. The summed E-state index contributed by atoms with van der Waals surface area (Å²) in [6, 6.07) is 0.513. The number of thiophene rings is 1. The zero-order chi connectivity index (χ0) is 19.4. The van der Waals surface area contributed by atoms with Gasteiger partial charge in [0.15, 0.2) is 5.92 Å². The lowest BCUT2D eigenvalue weighted by Gasteiger charge is -2.44. The predicted octanol–water partition coefficient (Wildman–Crippen LogP) is 0.599. The Morgan fingerprint density at radius 1 is 1.38 bits per heavy atom. The van der Waals surface area contributed by atoms with Crippen LogP contribution in [0.3, 0.4) is 0 Å². The number of carbonyl (C=O) groups excluding carboxylic acids is 2. The van der Waals surface area contributed by atoms with E-state index < -0.39 is 53.2 Å². The Morgan fingerprint density at radius 3 is 2.54 bits per heavy atom. The second-order valence-electron chi connectivity index (χ2n) is 6.63. The third-order valence-electron chi connectivity index (χ3n) is 4.39. The first-order valence-electron chi connectivity index (χ1n) is 7.55. The van der Waals surface area contributed by atoms with Gasteiger partial charge in [-0.25, -0.2) is 0 Å². The number of β-lactam (4-membered cyclic amide) rings is 1. The molecule has 0 aromatic carbocycles. The molecule has 2 fully saturated rings. The summed E-state index contributed by atoms with van der Waals surface area (Å²) in [7, 11) is -4.57. The van der Waals surface area contributed by atoms with Crippen LogP contribution < -0.4 is 5.32 Å². The van der Waals surface area contributed by atoms with Gasteiger partial charge in [0, 0.05) is 4.75 Å². The monoisotopic (exact) mass is 420 g/mol. The van der Waals surface area contributed by atoms with Crippen LogP contribution in [-0.4, -0.2) is 59.5 Å². The summed E-state index contributed by atoms with van der Waals surface area (Å²) in [6.45, 7) is 3.24. The first-order valence-corrected chi connectivity index (χ1v) is 11.1. The Hall–Kier alpha value is -1.39. The third-order valence-corrected chi connectivity index (χ3v) is 8.37. The van der Waals surface area contributed by atoms with Crippen LogP contribution in [0.1, 0.15) is 25.3 Å². The number of hydrogen-bond donors (Lipinski definition) is 4. The number of carbonyl (C=O) groups is 3. The lowest BCUT2D eigenvalue weighted by Crippen LogP contribution is -2.69. The molecule has 0 radical (unpaired) electrons. The number of rotatable bonds is 5. The van der Waals surface area contributed by atoms with E-state index in [1.165, 1.54) is 29.2 Å². The van der Waals surface area contributed by atoms with Crippen molar-refractivity contribution in [2.24, 2.45) is 0 Å². The maximum atomic E-state index is 12.4. The zero-order valence-corrected chi connectivity index (χ0v) is 16.3. The van der Waals surface area contributed by atoms with E-state index in [2.05, 4.69) is 5.32 Å². The van der Waals surface area contributed by atoms with Crippen LogP contribution in [0.15, 0.2) is 16.8 Å². The maximum absolute atomic E-state index is 12.4. The van der Waals surface area contributed by atoms with E-state index in [9.17, 15) is 33.8 Å². The van der Waals surface area contributed by atoms with Gasteiger partial charge >= 0.3 is 13.6 Å². The van der Waals surface area contributed by atoms with Crippen molar-refractivity contribution >= 4 is 48.5 Å². The average Bonchev–Trinajstić information content (AvgIpc) is 3.08. The highest BCUT2D eigenvalue weighted by Gasteiger charge is 2.66. The van der Waals surface area contributed by atoms with Crippen molar-refractivity contribution in [1.82, 2.24) is 10.2 Å². The zero-order valence-electron chi connectivity index (χ0n) is 13.7. The number of hydrogen-bond acceptors (Lipinski definition) is 6. The van der Waals surface area contributed by atoms with Crippen LogP contribution >= 0.6 is 30.7 Å². The summed E-state index contributed by atoms with van der Waals surface area (Å²) < 4.78 is 10.9. The Morgan fingerprint density at radius 2 is 2.04 bits per heavy atom. The number of carboxylic acid groups (broad SMARTS) is 1. The quantitative estimate of drug-likeness (QED) is 0.308. The molecule has 4 N–H and O–H groups in total. The molecule has 9 nitrogen and oxygen atoms in total. The van der Waals surface area contributed by atoms with Crippen molar-refractivity contribution in [3.8, 4) is 0 Å². The molecule has 3 rings (SSSR count). The maximum Gasteiger partial charge on any atom is 0.349 e. The van der Waals surface area contributed by atoms with E-state index in [1.54, 1.807) is 24.6 Å². The second-order valence-corrected chi connectivity index (χ2v) is 10.9. The van der Waals surface area contributed by atoms with Crippen molar-refractivity contribution in [3.05, 3.63) is 22.4 Å². The minimum atomic E-state index is -4.57. The van der Waals surface area contributed by atoms with Crippen molar-refractivity contribution < 1.29 is 33.8 Å². The van der Waals surface area contributed by atoms with Crippen LogP contribution in [0.2, 0.25) is 0 Å². The molecule has 4 unspecified atom stereocenters. The summed E-state index contributed by atoms with van der Waals surface area (Å²) in [6.07, 6.45) is 0. The molecule has 2 amide bonds. The van der Waals surface area contributed by atoms with Gasteiger partial charge in [0.25, 0.3) is 0 Å². The lowest BCUT2D eigenvalue weighted by molar-refractivity contribution is -0.152. The first kappa shape index (κ1) is 19.4. The number of nitrogens with zero attached hydrogens (tertiary/aromatic N) is 1. The first-order chi connectivity index (χ1) is 11.9. The van der Waals surface area contributed by atoms with Gasteiger partial charge in [-0.3, -0.25) is 18.9 Å². The lowest BCUT2D eigenvalue weighted by atomic mass is 9.99. The number of amides is 2. The van der Waals surface area contributed by atoms with Gasteiger partial charge in [0.05, 0.1) is 0 Å². The Kier molecular flexibility index (Phi) is 4.73. The van der Waals surface area contributed by atoms with E-state index in [-0.39, 0.29) is 0 Å². The highest BCUT2D eigenvalue weighted by atomic mass is 32.2. The standard InChI is InChI=1S/C14H17N2O7PS2/c1-14(2)13(24(21,22)23)16-10(18)8(11(16)26-14)15-9(17)7(12(19)20)6-3-4-25-5-6/h3-5,7-8,11,13H,1-2H3,(H,15,17)(H,19,20)(H2,21,22,23). The summed E-state index contributed by atoms with van der Waals surface area (Å²) in [5.74, 6) is -5.51. The molecule has 12 heteroatoms. The van der Waals surface area contributed by atoms with Gasteiger partial charge in [-0.05, 0) is 36.2 Å². The van der Waals surface area contributed by atoms with Gasteiger partial charge in [-0.1, -0.05) is 0 Å². The van der Waals surface area contributed by atoms with Crippen LogP contribution in [0, 0.1) is 0 Å². The van der Waals surface area contributed by atoms with E-state index in [1.807, 2.05) is 0 Å². The van der Waals surface area contributed by atoms with Crippen molar-refractivity contribution in [2.75, 3.05) is 0 Å². The smallest absolute Gasteiger partial charge is 0.349 e. The highest BCUT2D eigenvalue weighted by Crippen LogP contribution is 2.62. The van der Waals surface area contributed by atoms with Crippen LogP contribution in [0.4, 0.5) is 0 Å². The largest absolute Gasteiger partial charge is 0.480 e. The minimum absolute atomic E-state index is 0.316. The molecule has 2 saturated heterocycles. The average molecular weight is 420 g/mol. The Bertz CT molecular complexity index is 806. The van der Waals surface area contributed by atoms with Gasteiger partial charge in [-0.15, -0.1) is 11.8 Å². The van der Waals surface area contributed by atoms with Crippen molar-refractivity contribution in [2.45, 2.75) is 41.7 Å². The molecule has 1 aromatic rings. The Labute approximate surface area is 156 Å². The molecule has 4 atom stereocenters. The molecule has 0 aliphatic carbocycles. The van der Waals surface area contributed by atoms with Crippen LogP contribution in [-0.2, 0) is 18.9 Å². The van der Waals surface area contributed by atoms with Crippen LogP contribution in [0.25, 0.3) is 0 Å². The van der Waals surface area contributed by atoms with Crippen LogP contribution in [0.5, 0.6) is 0 Å². The second kappa shape index (κ2) is 6.35. The van der Waals surface area contributed by atoms with E-state index in [4.69, 9.17) is 0 Å². The molecule has 0 bridgehead atoms. The molecular weight excluding hydrogens is 403 g/mol. The van der Waals surface area contributed by atoms with Gasteiger partial charge < -0.3 is 25.1 Å². The number of thioether (sulfide) groups is 1. The topological polar surface area (TPSA) is 144 Å². The van der Waals surface area contributed by atoms with Gasteiger partial charge in [0.2, 0.25) is 11.8 Å². The molecule has 0 spiro atoms. The molecule has 2 aliphatic heterocycles. The fourth-order valence-electron chi connectivity index (χ4n) is 3.36. The van der Waals surface area contributed by atoms with E-state index in [0.717, 1.165) is 4.90 Å².